The molecule has 4 nitrogen and oxygen atoms in total. The predicted octanol–water partition coefficient (Wildman–Crippen LogP) is 4.66. The summed E-state index contributed by atoms with van der Waals surface area (Å²) in [4.78, 5) is 11.7. The molecular formula is C14H13BrClNO3. The molecule has 106 valence electrons. The van der Waals surface area contributed by atoms with Crippen LogP contribution in [0.25, 0.3) is 0 Å². The van der Waals surface area contributed by atoms with Gasteiger partial charge in [-0.05, 0) is 53.2 Å². The lowest BCUT2D eigenvalue weighted by atomic mass is 10.1. The van der Waals surface area contributed by atoms with E-state index in [2.05, 4.69) is 21.2 Å². The molecule has 0 aliphatic rings. The second-order valence-electron chi connectivity index (χ2n) is 4.19. The van der Waals surface area contributed by atoms with Gasteiger partial charge in [-0.3, -0.25) is 0 Å². The van der Waals surface area contributed by atoms with Crippen LogP contribution in [0.3, 0.4) is 0 Å². The van der Waals surface area contributed by atoms with Crippen LogP contribution in [-0.4, -0.2) is 13.1 Å². The summed E-state index contributed by atoms with van der Waals surface area (Å²) >= 11 is 9.23. The second kappa shape index (κ2) is 6.33. The average molecular weight is 359 g/mol. The van der Waals surface area contributed by atoms with Gasteiger partial charge in [-0.1, -0.05) is 11.6 Å². The van der Waals surface area contributed by atoms with Crippen molar-refractivity contribution in [2.45, 2.75) is 13.0 Å². The summed E-state index contributed by atoms with van der Waals surface area (Å²) < 4.78 is 10.9. The third-order valence-electron chi connectivity index (χ3n) is 2.78. The van der Waals surface area contributed by atoms with E-state index >= 15 is 0 Å². The highest BCUT2D eigenvalue weighted by atomic mass is 79.9. The number of rotatable bonds is 4. The standard InChI is InChI=1S/C14H13BrClNO3/c1-8(12-5-6-13(15)20-12)17-11-7-9(16)3-4-10(11)14(18)19-2/h3-8,17H,1-2H3. The molecule has 1 heterocycles. The molecule has 20 heavy (non-hydrogen) atoms. The average Bonchev–Trinajstić information content (AvgIpc) is 2.85. The van der Waals surface area contributed by atoms with Crippen molar-refractivity contribution in [3.8, 4) is 0 Å². The number of hydrogen-bond acceptors (Lipinski definition) is 4. The first kappa shape index (κ1) is 14.9. The smallest absolute Gasteiger partial charge is 0.339 e. The van der Waals surface area contributed by atoms with Crippen LogP contribution in [0.4, 0.5) is 5.69 Å². The minimum absolute atomic E-state index is 0.122. The molecule has 1 aromatic carbocycles. The van der Waals surface area contributed by atoms with E-state index < -0.39 is 5.97 Å². The van der Waals surface area contributed by atoms with Crippen molar-refractivity contribution in [3.63, 3.8) is 0 Å². The maximum absolute atomic E-state index is 11.7. The Morgan fingerprint density at radius 3 is 2.75 bits per heavy atom. The summed E-state index contributed by atoms with van der Waals surface area (Å²) in [5.74, 6) is 0.324. The third kappa shape index (κ3) is 3.35. The fraction of sp³-hybridized carbons (Fsp3) is 0.214. The fourth-order valence-electron chi connectivity index (χ4n) is 1.79. The van der Waals surface area contributed by atoms with Crippen molar-refractivity contribution >= 4 is 39.2 Å². The molecule has 6 heteroatoms. The van der Waals surface area contributed by atoms with Crippen molar-refractivity contribution in [2.24, 2.45) is 0 Å². The molecule has 2 aromatic rings. The zero-order valence-corrected chi connectivity index (χ0v) is 13.3. The first-order chi connectivity index (χ1) is 9.51. The van der Waals surface area contributed by atoms with Gasteiger partial charge in [0, 0.05) is 5.02 Å². The molecule has 0 aliphatic heterocycles. The number of carbonyl (C=O) groups is 1. The summed E-state index contributed by atoms with van der Waals surface area (Å²) in [5, 5.41) is 3.73. The summed E-state index contributed by atoms with van der Waals surface area (Å²) in [6, 6.07) is 8.50. The summed E-state index contributed by atoms with van der Waals surface area (Å²) in [7, 11) is 1.34. The number of anilines is 1. The summed E-state index contributed by atoms with van der Waals surface area (Å²) in [5.41, 5.74) is 1.03. The molecule has 0 saturated carbocycles. The van der Waals surface area contributed by atoms with Crippen LogP contribution < -0.4 is 5.32 Å². The summed E-state index contributed by atoms with van der Waals surface area (Å²) in [6.45, 7) is 1.92. The van der Waals surface area contributed by atoms with E-state index in [1.807, 2.05) is 19.1 Å². The molecule has 0 amide bonds. The molecule has 1 aromatic heterocycles. The third-order valence-corrected chi connectivity index (χ3v) is 3.44. The molecule has 0 bridgehead atoms. The van der Waals surface area contributed by atoms with Crippen LogP contribution in [0.1, 0.15) is 29.1 Å². The maximum atomic E-state index is 11.7. The van der Waals surface area contributed by atoms with Gasteiger partial charge < -0.3 is 14.5 Å². The Bertz CT molecular complexity index is 627. The van der Waals surface area contributed by atoms with E-state index in [1.54, 1.807) is 18.2 Å². The van der Waals surface area contributed by atoms with Crippen molar-refractivity contribution in [1.82, 2.24) is 0 Å². The molecule has 0 aliphatic carbocycles. The number of furan rings is 1. The minimum atomic E-state index is -0.419. The van der Waals surface area contributed by atoms with Gasteiger partial charge in [0.2, 0.25) is 0 Å². The van der Waals surface area contributed by atoms with E-state index in [0.717, 1.165) is 5.76 Å². The largest absolute Gasteiger partial charge is 0.465 e. The lowest BCUT2D eigenvalue weighted by Crippen LogP contribution is -2.11. The molecule has 0 radical (unpaired) electrons. The van der Waals surface area contributed by atoms with Gasteiger partial charge >= 0.3 is 5.97 Å². The molecule has 1 N–H and O–H groups in total. The minimum Gasteiger partial charge on any atom is -0.465 e. The van der Waals surface area contributed by atoms with Crippen molar-refractivity contribution in [3.05, 3.63) is 51.3 Å². The van der Waals surface area contributed by atoms with E-state index in [9.17, 15) is 4.79 Å². The number of methoxy groups -OCH3 is 1. The first-order valence-electron chi connectivity index (χ1n) is 5.91. The van der Waals surface area contributed by atoms with E-state index in [1.165, 1.54) is 7.11 Å². The number of nitrogens with one attached hydrogen (secondary N) is 1. The van der Waals surface area contributed by atoms with E-state index in [4.69, 9.17) is 20.8 Å². The quantitative estimate of drug-likeness (QED) is 0.808. The molecule has 0 saturated heterocycles. The van der Waals surface area contributed by atoms with Gasteiger partial charge in [0.05, 0.1) is 24.4 Å². The maximum Gasteiger partial charge on any atom is 0.339 e. The fourth-order valence-corrected chi connectivity index (χ4v) is 2.28. The Kier molecular flexibility index (Phi) is 4.73. The molecule has 0 fully saturated rings. The van der Waals surface area contributed by atoms with Crippen LogP contribution >= 0.6 is 27.5 Å². The molecular weight excluding hydrogens is 346 g/mol. The zero-order chi connectivity index (χ0) is 14.7. The van der Waals surface area contributed by atoms with E-state index in [-0.39, 0.29) is 6.04 Å². The van der Waals surface area contributed by atoms with Gasteiger partial charge in [-0.15, -0.1) is 0 Å². The SMILES string of the molecule is COC(=O)c1ccc(Cl)cc1NC(C)c1ccc(Br)o1. The van der Waals surface area contributed by atoms with E-state index in [0.29, 0.717) is 20.9 Å². The number of halogens is 2. The molecule has 2 rings (SSSR count). The number of hydrogen-bond donors (Lipinski definition) is 1. The monoisotopic (exact) mass is 357 g/mol. The highest BCUT2D eigenvalue weighted by Crippen LogP contribution is 2.28. The second-order valence-corrected chi connectivity index (χ2v) is 5.41. The Morgan fingerprint density at radius 2 is 2.15 bits per heavy atom. The van der Waals surface area contributed by atoms with Gasteiger partial charge in [0.15, 0.2) is 4.67 Å². The van der Waals surface area contributed by atoms with Crippen LogP contribution in [0.2, 0.25) is 5.02 Å². The first-order valence-corrected chi connectivity index (χ1v) is 7.08. The predicted molar refractivity (Wildman–Crippen MR) is 81.2 cm³/mol. The molecule has 1 unspecified atom stereocenters. The van der Waals surface area contributed by atoms with Gasteiger partial charge in [0.25, 0.3) is 0 Å². The number of carbonyl (C=O) groups excluding carboxylic acids is 1. The Labute approximate surface area is 130 Å². The van der Waals surface area contributed by atoms with Crippen LogP contribution in [0.15, 0.2) is 39.4 Å². The number of esters is 1. The van der Waals surface area contributed by atoms with Gasteiger partial charge in [0.1, 0.15) is 5.76 Å². The van der Waals surface area contributed by atoms with Crippen LogP contribution in [-0.2, 0) is 4.74 Å². The molecule has 0 spiro atoms. The lowest BCUT2D eigenvalue weighted by Gasteiger charge is -2.16. The summed E-state index contributed by atoms with van der Waals surface area (Å²) in [6.07, 6.45) is 0. The zero-order valence-electron chi connectivity index (χ0n) is 10.9. The van der Waals surface area contributed by atoms with Gasteiger partial charge in [-0.2, -0.15) is 0 Å². The number of benzene rings is 1. The van der Waals surface area contributed by atoms with Crippen molar-refractivity contribution in [1.29, 1.82) is 0 Å². The Hall–Kier alpha value is -1.46. The van der Waals surface area contributed by atoms with Gasteiger partial charge in [-0.25, -0.2) is 4.79 Å². The van der Waals surface area contributed by atoms with Crippen LogP contribution in [0.5, 0.6) is 0 Å². The van der Waals surface area contributed by atoms with Crippen LogP contribution in [0, 0.1) is 0 Å². The number of ether oxygens (including phenoxy) is 1. The topological polar surface area (TPSA) is 51.5 Å². The normalized spacial score (nSPS) is 12.0. The Morgan fingerprint density at radius 1 is 1.40 bits per heavy atom. The van der Waals surface area contributed by atoms with Crippen molar-refractivity contribution < 1.29 is 13.9 Å². The molecule has 1 atom stereocenters. The highest BCUT2D eigenvalue weighted by molar-refractivity contribution is 9.10. The van der Waals surface area contributed by atoms with Crippen molar-refractivity contribution in [2.75, 3.05) is 12.4 Å². The highest BCUT2D eigenvalue weighted by Gasteiger charge is 2.16. The Balaban J connectivity index is 2.28. The lowest BCUT2D eigenvalue weighted by molar-refractivity contribution is 0.0602.